The van der Waals surface area contributed by atoms with E-state index in [2.05, 4.69) is 52.1 Å². The van der Waals surface area contributed by atoms with Crippen molar-refractivity contribution in [3.63, 3.8) is 0 Å². The van der Waals surface area contributed by atoms with Crippen molar-refractivity contribution in [1.82, 2.24) is 9.88 Å². The molecular weight excluding hydrogens is 220 g/mol. The molecule has 1 N–H and O–H groups in total. The van der Waals surface area contributed by atoms with Gasteiger partial charge >= 0.3 is 0 Å². The lowest BCUT2D eigenvalue weighted by Gasteiger charge is -2.08. The zero-order chi connectivity index (χ0) is 12.4. The highest BCUT2D eigenvalue weighted by atomic mass is 15.0. The molecule has 0 amide bonds. The molecule has 1 aliphatic rings. The fourth-order valence-corrected chi connectivity index (χ4v) is 2.30. The molecule has 0 aliphatic heterocycles. The Morgan fingerprint density at radius 3 is 2.94 bits per heavy atom. The van der Waals surface area contributed by atoms with Gasteiger partial charge in [-0.05, 0) is 37.3 Å². The second kappa shape index (κ2) is 4.88. The summed E-state index contributed by atoms with van der Waals surface area (Å²) >= 11 is 0. The molecule has 1 fully saturated rings. The molecule has 2 aromatic rings. The summed E-state index contributed by atoms with van der Waals surface area (Å²) in [5, 5.41) is 4.89. The molecule has 18 heavy (non-hydrogen) atoms. The van der Waals surface area contributed by atoms with Crippen LogP contribution in [0.5, 0.6) is 0 Å². The summed E-state index contributed by atoms with van der Waals surface area (Å²) in [6.45, 7) is 3.63. The van der Waals surface area contributed by atoms with Gasteiger partial charge in [0.2, 0.25) is 0 Å². The molecule has 0 spiro atoms. The van der Waals surface area contributed by atoms with E-state index in [0.717, 1.165) is 19.1 Å². The van der Waals surface area contributed by atoms with E-state index in [1.807, 2.05) is 6.92 Å². The van der Waals surface area contributed by atoms with Crippen molar-refractivity contribution in [2.45, 2.75) is 38.9 Å². The Labute approximate surface area is 108 Å². The number of fused-ring (bicyclic) bond motifs is 1. The first-order chi connectivity index (χ1) is 8.88. The summed E-state index contributed by atoms with van der Waals surface area (Å²) in [6, 6.07) is 11.6. The third-order valence-corrected chi connectivity index (χ3v) is 3.46. The summed E-state index contributed by atoms with van der Waals surface area (Å²) < 4.78 is 2.32. The molecule has 3 rings (SSSR count). The molecule has 0 bridgehead atoms. The summed E-state index contributed by atoms with van der Waals surface area (Å²) in [5.41, 5.74) is 2.62. The van der Waals surface area contributed by atoms with E-state index in [0.29, 0.717) is 0 Å². The van der Waals surface area contributed by atoms with Crippen LogP contribution in [0.3, 0.4) is 0 Å². The monoisotopic (exact) mass is 238 g/mol. The van der Waals surface area contributed by atoms with Gasteiger partial charge in [-0.3, -0.25) is 0 Å². The SMILES string of the molecule is CC#CCn1c(CNC2CC2)cc2ccccc21. The highest BCUT2D eigenvalue weighted by molar-refractivity contribution is 5.81. The Hall–Kier alpha value is -1.72. The Kier molecular flexibility index (Phi) is 3.08. The van der Waals surface area contributed by atoms with E-state index in [4.69, 9.17) is 0 Å². The zero-order valence-electron chi connectivity index (χ0n) is 10.7. The van der Waals surface area contributed by atoms with Gasteiger partial charge < -0.3 is 9.88 Å². The summed E-state index contributed by atoms with van der Waals surface area (Å²) in [6.07, 6.45) is 2.66. The second-order valence-electron chi connectivity index (χ2n) is 4.86. The van der Waals surface area contributed by atoms with Crippen LogP contribution in [0.15, 0.2) is 30.3 Å². The molecule has 2 nitrogen and oxygen atoms in total. The van der Waals surface area contributed by atoms with Gasteiger partial charge in [0.05, 0.1) is 6.54 Å². The molecule has 1 aliphatic carbocycles. The van der Waals surface area contributed by atoms with Gasteiger partial charge in [0.25, 0.3) is 0 Å². The Bertz CT molecular complexity index is 609. The molecule has 2 heteroatoms. The predicted octanol–water partition coefficient (Wildman–Crippen LogP) is 2.92. The van der Waals surface area contributed by atoms with Crippen LogP contribution in [0.2, 0.25) is 0 Å². The molecule has 1 aromatic heterocycles. The lowest BCUT2D eigenvalue weighted by Crippen LogP contribution is -2.18. The fourth-order valence-electron chi connectivity index (χ4n) is 2.30. The van der Waals surface area contributed by atoms with Crippen LogP contribution in [0.4, 0.5) is 0 Å². The van der Waals surface area contributed by atoms with Gasteiger partial charge in [-0.25, -0.2) is 0 Å². The lowest BCUT2D eigenvalue weighted by molar-refractivity contribution is 0.647. The van der Waals surface area contributed by atoms with Crippen LogP contribution < -0.4 is 5.32 Å². The van der Waals surface area contributed by atoms with E-state index in [1.165, 1.54) is 29.4 Å². The summed E-state index contributed by atoms with van der Waals surface area (Å²) in [5.74, 6) is 6.16. The highest BCUT2D eigenvalue weighted by Crippen LogP contribution is 2.22. The standard InChI is InChI=1S/C16H18N2/c1-2-3-10-18-15(12-17-14-8-9-14)11-13-6-4-5-7-16(13)18/h4-7,11,14,17H,8-10,12H2,1H3. The topological polar surface area (TPSA) is 17.0 Å². The molecule has 92 valence electrons. The summed E-state index contributed by atoms with van der Waals surface area (Å²) in [7, 11) is 0. The summed E-state index contributed by atoms with van der Waals surface area (Å²) in [4.78, 5) is 0. The van der Waals surface area contributed by atoms with E-state index in [-0.39, 0.29) is 0 Å². The number of aromatic nitrogens is 1. The van der Waals surface area contributed by atoms with Crippen LogP contribution in [-0.2, 0) is 13.1 Å². The van der Waals surface area contributed by atoms with Crippen LogP contribution >= 0.6 is 0 Å². The largest absolute Gasteiger partial charge is 0.332 e. The third kappa shape index (κ3) is 2.27. The minimum atomic E-state index is 0.744. The molecular formula is C16H18N2. The van der Waals surface area contributed by atoms with Gasteiger partial charge in [0.15, 0.2) is 0 Å². The minimum absolute atomic E-state index is 0.744. The zero-order valence-corrected chi connectivity index (χ0v) is 10.7. The van der Waals surface area contributed by atoms with E-state index in [9.17, 15) is 0 Å². The van der Waals surface area contributed by atoms with Gasteiger partial charge in [0.1, 0.15) is 0 Å². The maximum Gasteiger partial charge on any atom is 0.0840 e. The molecule has 1 heterocycles. The first kappa shape index (κ1) is 11.4. The Balaban J connectivity index is 1.94. The first-order valence-electron chi connectivity index (χ1n) is 6.58. The van der Waals surface area contributed by atoms with Crippen molar-refractivity contribution in [3.8, 4) is 11.8 Å². The highest BCUT2D eigenvalue weighted by Gasteiger charge is 2.20. The number of rotatable bonds is 4. The molecule has 0 saturated heterocycles. The smallest absolute Gasteiger partial charge is 0.0840 e. The number of para-hydroxylation sites is 1. The van der Waals surface area contributed by atoms with E-state index >= 15 is 0 Å². The van der Waals surface area contributed by atoms with Crippen molar-refractivity contribution in [1.29, 1.82) is 0 Å². The Morgan fingerprint density at radius 1 is 1.33 bits per heavy atom. The first-order valence-corrected chi connectivity index (χ1v) is 6.58. The fraction of sp³-hybridized carbons (Fsp3) is 0.375. The average Bonchev–Trinajstić information content (AvgIpc) is 3.16. The lowest BCUT2D eigenvalue weighted by atomic mass is 10.2. The van der Waals surface area contributed by atoms with Crippen molar-refractivity contribution >= 4 is 10.9 Å². The predicted molar refractivity (Wildman–Crippen MR) is 75.2 cm³/mol. The normalized spacial score (nSPS) is 14.5. The van der Waals surface area contributed by atoms with Gasteiger partial charge in [-0.1, -0.05) is 24.1 Å². The molecule has 0 atom stereocenters. The van der Waals surface area contributed by atoms with Crippen LogP contribution in [0.1, 0.15) is 25.5 Å². The van der Waals surface area contributed by atoms with Gasteiger partial charge in [-0.2, -0.15) is 0 Å². The van der Waals surface area contributed by atoms with E-state index < -0.39 is 0 Å². The number of hydrogen-bond donors (Lipinski definition) is 1. The van der Waals surface area contributed by atoms with Crippen molar-refractivity contribution < 1.29 is 0 Å². The van der Waals surface area contributed by atoms with Crippen LogP contribution in [0, 0.1) is 11.8 Å². The third-order valence-electron chi connectivity index (χ3n) is 3.46. The quantitative estimate of drug-likeness (QED) is 0.810. The maximum absolute atomic E-state index is 3.58. The number of nitrogens with one attached hydrogen (secondary N) is 1. The molecule has 0 unspecified atom stereocenters. The van der Waals surface area contributed by atoms with Crippen molar-refractivity contribution in [2.24, 2.45) is 0 Å². The number of nitrogens with zero attached hydrogens (tertiary/aromatic N) is 1. The van der Waals surface area contributed by atoms with Gasteiger partial charge in [-0.15, -0.1) is 5.92 Å². The van der Waals surface area contributed by atoms with E-state index in [1.54, 1.807) is 0 Å². The molecule has 0 radical (unpaired) electrons. The van der Waals surface area contributed by atoms with Gasteiger partial charge in [0, 0.05) is 23.8 Å². The van der Waals surface area contributed by atoms with Crippen molar-refractivity contribution in [3.05, 3.63) is 36.0 Å². The maximum atomic E-state index is 3.58. The minimum Gasteiger partial charge on any atom is -0.332 e. The molecule has 1 aromatic carbocycles. The van der Waals surface area contributed by atoms with Crippen molar-refractivity contribution in [2.75, 3.05) is 0 Å². The number of hydrogen-bond acceptors (Lipinski definition) is 1. The van der Waals surface area contributed by atoms with Crippen LogP contribution in [-0.4, -0.2) is 10.6 Å². The average molecular weight is 238 g/mol. The van der Waals surface area contributed by atoms with Crippen LogP contribution in [0.25, 0.3) is 10.9 Å². The number of benzene rings is 1. The second-order valence-corrected chi connectivity index (χ2v) is 4.86. The Morgan fingerprint density at radius 2 is 2.17 bits per heavy atom. The molecule has 1 saturated carbocycles.